The van der Waals surface area contributed by atoms with Crippen molar-refractivity contribution < 1.29 is 0 Å². The van der Waals surface area contributed by atoms with Gasteiger partial charge in [-0.3, -0.25) is 0 Å². The van der Waals surface area contributed by atoms with E-state index in [0.29, 0.717) is 0 Å². The molecule has 0 saturated heterocycles. The summed E-state index contributed by atoms with van der Waals surface area (Å²) < 4.78 is 1.21. The van der Waals surface area contributed by atoms with E-state index in [9.17, 15) is 0 Å². The van der Waals surface area contributed by atoms with E-state index in [2.05, 4.69) is 29.8 Å². The maximum Gasteiger partial charge on any atom is 0.124 e. The summed E-state index contributed by atoms with van der Waals surface area (Å²) in [4.78, 5) is 4.61. The van der Waals surface area contributed by atoms with Gasteiger partial charge in [-0.25, -0.2) is 4.98 Å². The molecule has 3 rings (SSSR count). The molecule has 3 aromatic rings. The highest BCUT2D eigenvalue weighted by molar-refractivity contribution is 7.19. The Morgan fingerprint density at radius 1 is 0.941 bits per heavy atom. The molecule has 0 aliphatic carbocycles. The van der Waals surface area contributed by atoms with Crippen LogP contribution in [0.5, 0.6) is 0 Å². The molecule has 0 spiro atoms. The standard InChI is InChI=1S/C15H11NS/c1-11(12-7-3-2-4-8-12)15-16-13-9-5-6-10-14(13)17-15/h2-10H,1H2. The SMILES string of the molecule is C=C(c1ccccc1)c1nc2ccccc2s1. The first-order chi connectivity index (χ1) is 8.34. The van der Waals surface area contributed by atoms with Gasteiger partial charge in [0.1, 0.15) is 5.01 Å². The second-order valence-electron chi connectivity index (χ2n) is 3.83. The van der Waals surface area contributed by atoms with Crippen LogP contribution in [0.1, 0.15) is 10.6 Å². The van der Waals surface area contributed by atoms with E-state index in [-0.39, 0.29) is 0 Å². The zero-order valence-electron chi connectivity index (χ0n) is 9.26. The Labute approximate surface area is 104 Å². The lowest BCUT2D eigenvalue weighted by Crippen LogP contribution is -1.83. The lowest BCUT2D eigenvalue weighted by molar-refractivity contribution is 1.43. The van der Waals surface area contributed by atoms with Gasteiger partial charge in [0.2, 0.25) is 0 Å². The number of benzene rings is 2. The molecule has 17 heavy (non-hydrogen) atoms. The van der Waals surface area contributed by atoms with Crippen molar-refractivity contribution in [2.24, 2.45) is 0 Å². The molecule has 0 aliphatic rings. The molecular formula is C15H11NS. The first-order valence-electron chi connectivity index (χ1n) is 5.45. The van der Waals surface area contributed by atoms with Crippen LogP contribution in [-0.4, -0.2) is 4.98 Å². The lowest BCUT2D eigenvalue weighted by atomic mass is 10.1. The molecule has 1 nitrogen and oxygen atoms in total. The van der Waals surface area contributed by atoms with Gasteiger partial charge >= 0.3 is 0 Å². The summed E-state index contributed by atoms with van der Waals surface area (Å²) >= 11 is 1.69. The van der Waals surface area contributed by atoms with E-state index in [1.807, 2.05) is 36.4 Å². The molecule has 0 amide bonds. The predicted octanol–water partition coefficient (Wildman–Crippen LogP) is 4.36. The van der Waals surface area contributed by atoms with Crippen molar-refractivity contribution in [1.82, 2.24) is 4.98 Å². The number of fused-ring (bicyclic) bond motifs is 1. The van der Waals surface area contributed by atoms with E-state index in [1.54, 1.807) is 11.3 Å². The number of hydrogen-bond acceptors (Lipinski definition) is 2. The van der Waals surface area contributed by atoms with Crippen molar-refractivity contribution in [3.05, 3.63) is 71.7 Å². The zero-order chi connectivity index (χ0) is 11.7. The van der Waals surface area contributed by atoms with Crippen molar-refractivity contribution in [3.63, 3.8) is 0 Å². The van der Waals surface area contributed by atoms with Crippen LogP contribution >= 0.6 is 11.3 Å². The Morgan fingerprint density at radius 3 is 2.41 bits per heavy atom. The molecule has 0 bridgehead atoms. The molecule has 1 aromatic heterocycles. The Bertz CT molecular complexity index is 634. The van der Waals surface area contributed by atoms with Gasteiger partial charge in [0.25, 0.3) is 0 Å². The van der Waals surface area contributed by atoms with E-state index >= 15 is 0 Å². The summed E-state index contributed by atoms with van der Waals surface area (Å²) in [5.74, 6) is 0. The molecule has 0 radical (unpaired) electrons. The lowest BCUT2D eigenvalue weighted by Gasteiger charge is -2.00. The predicted molar refractivity (Wildman–Crippen MR) is 74.2 cm³/mol. The van der Waals surface area contributed by atoms with Gasteiger partial charge in [-0.15, -0.1) is 11.3 Å². The molecule has 0 saturated carbocycles. The van der Waals surface area contributed by atoms with Gasteiger partial charge in [0.05, 0.1) is 10.2 Å². The summed E-state index contributed by atoms with van der Waals surface area (Å²) in [5.41, 5.74) is 3.17. The Morgan fingerprint density at radius 2 is 1.65 bits per heavy atom. The summed E-state index contributed by atoms with van der Waals surface area (Å²) in [6, 6.07) is 18.4. The molecule has 2 aromatic carbocycles. The highest BCUT2D eigenvalue weighted by atomic mass is 32.1. The summed E-state index contributed by atoms with van der Waals surface area (Å²) in [7, 11) is 0. The van der Waals surface area contributed by atoms with Gasteiger partial charge < -0.3 is 0 Å². The molecule has 0 atom stereocenters. The molecular weight excluding hydrogens is 226 g/mol. The molecule has 0 fully saturated rings. The number of rotatable bonds is 2. The normalized spacial score (nSPS) is 10.6. The Balaban J connectivity index is 2.07. The van der Waals surface area contributed by atoms with Gasteiger partial charge in [-0.1, -0.05) is 49.0 Å². The molecule has 82 valence electrons. The largest absolute Gasteiger partial charge is 0.236 e. The number of hydrogen-bond donors (Lipinski definition) is 0. The van der Waals surface area contributed by atoms with Crippen molar-refractivity contribution >= 4 is 27.1 Å². The van der Waals surface area contributed by atoms with E-state index in [1.165, 1.54) is 4.70 Å². The van der Waals surface area contributed by atoms with E-state index in [0.717, 1.165) is 21.7 Å². The van der Waals surface area contributed by atoms with Crippen LogP contribution in [0.15, 0.2) is 61.2 Å². The average Bonchev–Trinajstić information content (AvgIpc) is 2.82. The van der Waals surface area contributed by atoms with Crippen molar-refractivity contribution in [2.45, 2.75) is 0 Å². The quantitative estimate of drug-likeness (QED) is 0.645. The maximum absolute atomic E-state index is 4.61. The molecule has 0 N–H and O–H groups in total. The minimum atomic E-state index is 0.992. The smallest absolute Gasteiger partial charge is 0.124 e. The van der Waals surface area contributed by atoms with Crippen LogP contribution in [0.2, 0.25) is 0 Å². The first-order valence-corrected chi connectivity index (χ1v) is 6.26. The summed E-state index contributed by atoms with van der Waals surface area (Å²) in [5, 5.41) is 0.998. The van der Waals surface area contributed by atoms with E-state index in [4.69, 9.17) is 0 Å². The van der Waals surface area contributed by atoms with Crippen LogP contribution < -0.4 is 0 Å². The van der Waals surface area contributed by atoms with Crippen LogP contribution in [0.4, 0.5) is 0 Å². The third-order valence-electron chi connectivity index (χ3n) is 2.67. The van der Waals surface area contributed by atoms with Crippen LogP contribution in [0, 0.1) is 0 Å². The van der Waals surface area contributed by atoms with Gasteiger partial charge in [0, 0.05) is 5.57 Å². The topological polar surface area (TPSA) is 12.9 Å². The second-order valence-corrected chi connectivity index (χ2v) is 4.86. The van der Waals surface area contributed by atoms with Crippen molar-refractivity contribution in [3.8, 4) is 0 Å². The fraction of sp³-hybridized carbons (Fsp3) is 0. The average molecular weight is 237 g/mol. The Kier molecular flexibility index (Phi) is 2.50. The fourth-order valence-electron chi connectivity index (χ4n) is 1.76. The number of aromatic nitrogens is 1. The van der Waals surface area contributed by atoms with E-state index < -0.39 is 0 Å². The number of thiazole rings is 1. The van der Waals surface area contributed by atoms with Crippen LogP contribution in [-0.2, 0) is 0 Å². The van der Waals surface area contributed by atoms with Crippen molar-refractivity contribution in [1.29, 1.82) is 0 Å². The molecule has 2 heteroatoms. The zero-order valence-corrected chi connectivity index (χ0v) is 10.1. The van der Waals surface area contributed by atoms with Crippen molar-refractivity contribution in [2.75, 3.05) is 0 Å². The summed E-state index contributed by atoms with van der Waals surface area (Å²) in [6.07, 6.45) is 0. The van der Waals surface area contributed by atoms with Crippen LogP contribution in [0.25, 0.3) is 15.8 Å². The highest BCUT2D eigenvalue weighted by Crippen LogP contribution is 2.29. The fourth-order valence-corrected chi connectivity index (χ4v) is 2.72. The van der Waals surface area contributed by atoms with Crippen LogP contribution in [0.3, 0.4) is 0 Å². The monoisotopic (exact) mass is 237 g/mol. The maximum atomic E-state index is 4.61. The Hall–Kier alpha value is -1.93. The number of para-hydroxylation sites is 1. The summed E-state index contributed by atoms with van der Waals surface area (Å²) in [6.45, 7) is 4.14. The molecule has 0 unspecified atom stereocenters. The second kappa shape index (κ2) is 4.15. The van der Waals surface area contributed by atoms with Gasteiger partial charge in [-0.05, 0) is 17.7 Å². The molecule has 0 aliphatic heterocycles. The number of nitrogens with zero attached hydrogens (tertiary/aromatic N) is 1. The minimum absolute atomic E-state index is 0.992. The molecule has 1 heterocycles. The minimum Gasteiger partial charge on any atom is -0.236 e. The van der Waals surface area contributed by atoms with Gasteiger partial charge in [-0.2, -0.15) is 0 Å². The third kappa shape index (κ3) is 1.87. The first kappa shape index (κ1) is 10.2. The third-order valence-corrected chi connectivity index (χ3v) is 3.77. The highest BCUT2D eigenvalue weighted by Gasteiger charge is 2.07. The van der Waals surface area contributed by atoms with Gasteiger partial charge in [0.15, 0.2) is 0 Å².